The molecule has 1 saturated heterocycles. The van der Waals surface area contributed by atoms with Crippen LogP contribution in [0, 0.1) is 0 Å². The lowest BCUT2D eigenvalue weighted by Crippen LogP contribution is -2.33. The van der Waals surface area contributed by atoms with E-state index in [1.54, 1.807) is 14.2 Å². The summed E-state index contributed by atoms with van der Waals surface area (Å²) in [6, 6.07) is 4.87. The molecule has 2 heterocycles. The Morgan fingerprint density at radius 2 is 2.24 bits per heavy atom. The first kappa shape index (κ1) is 13.5. The van der Waals surface area contributed by atoms with Crippen LogP contribution in [0.4, 0.5) is 0 Å². The van der Waals surface area contributed by atoms with Crippen LogP contribution in [0.3, 0.4) is 0 Å². The minimum Gasteiger partial charge on any atom is -0.355 e. The average molecular weight is 320 g/mol. The minimum absolute atomic E-state index is 0.126. The molecular weight excluding hydrogens is 302 g/mol. The fraction of sp³-hybridized carbons (Fsp3) is 0.667. The number of ether oxygens (including phenoxy) is 2. The van der Waals surface area contributed by atoms with Gasteiger partial charge in [-0.1, -0.05) is 0 Å². The molecule has 3 nitrogen and oxygen atoms in total. The van der Waals surface area contributed by atoms with Crippen molar-refractivity contribution in [2.75, 3.05) is 27.3 Å². The molecule has 1 fully saturated rings. The standard InChI is InChI=1S/C12H18BrNO2S/c1-15-12(16-2)8-14-7-3-4-9(14)10-5-6-11(13)17-10/h5-6,9,12H,3-4,7-8H2,1-2H3. The number of thiophene rings is 1. The van der Waals surface area contributed by atoms with Crippen LogP contribution in [0.1, 0.15) is 23.8 Å². The Morgan fingerprint density at radius 1 is 1.47 bits per heavy atom. The first-order valence-electron chi connectivity index (χ1n) is 5.79. The fourth-order valence-electron chi connectivity index (χ4n) is 2.31. The van der Waals surface area contributed by atoms with Crippen molar-refractivity contribution in [1.82, 2.24) is 4.90 Å². The molecule has 0 radical (unpaired) electrons. The maximum Gasteiger partial charge on any atom is 0.169 e. The average Bonchev–Trinajstić information content (AvgIpc) is 2.94. The highest BCUT2D eigenvalue weighted by Gasteiger charge is 2.28. The van der Waals surface area contributed by atoms with E-state index < -0.39 is 0 Å². The Labute approximate surface area is 115 Å². The summed E-state index contributed by atoms with van der Waals surface area (Å²) in [5, 5.41) is 0. The molecule has 1 aromatic heterocycles. The molecule has 2 rings (SSSR count). The SMILES string of the molecule is COC(CN1CCCC1c1ccc(Br)s1)OC. The number of hydrogen-bond donors (Lipinski definition) is 0. The maximum atomic E-state index is 5.28. The Kier molecular flexibility index (Phi) is 4.99. The van der Waals surface area contributed by atoms with Crippen molar-refractivity contribution < 1.29 is 9.47 Å². The van der Waals surface area contributed by atoms with Gasteiger partial charge in [0.2, 0.25) is 0 Å². The van der Waals surface area contributed by atoms with E-state index in [0.717, 1.165) is 13.1 Å². The van der Waals surface area contributed by atoms with Crippen molar-refractivity contribution in [3.63, 3.8) is 0 Å². The zero-order valence-corrected chi connectivity index (χ0v) is 12.6. The van der Waals surface area contributed by atoms with E-state index in [4.69, 9.17) is 9.47 Å². The van der Waals surface area contributed by atoms with Gasteiger partial charge in [0.15, 0.2) is 6.29 Å². The normalized spacial score (nSPS) is 21.5. The summed E-state index contributed by atoms with van der Waals surface area (Å²) < 4.78 is 11.8. The molecule has 0 aliphatic carbocycles. The molecule has 96 valence electrons. The van der Waals surface area contributed by atoms with Crippen molar-refractivity contribution in [1.29, 1.82) is 0 Å². The van der Waals surface area contributed by atoms with Crippen molar-refractivity contribution in [2.24, 2.45) is 0 Å². The van der Waals surface area contributed by atoms with Crippen LogP contribution in [0.25, 0.3) is 0 Å². The van der Waals surface area contributed by atoms with Gasteiger partial charge in [-0.3, -0.25) is 4.90 Å². The summed E-state index contributed by atoms with van der Waals surface area (Å²) in [5.41, 5.74) is 0. The largest absolute Gasteiger partial charge is 0.355 e. The summed E-state index contributed by atoms with van der Waals surface area (Å²) in [7, 11) is 3.39. The lowest BCUT2D eigenvalue weighted by molar-refractivity contribution is -0.117. The van der Waals surface area contributed by atoms with Crippen LogP contribution in [0.2, 0.25) is 0 Å². The van der Waals surface area contributed by atoms with Gasteiger partial charge in [-0.25, -0.2) is 0 Å². The van der Waals surface area contributed by atoms with E-state index in [-0.39, 0.29) is 6.29 Å². The highest BCUT2D eigenvalue weighted by molar-refractivity contribution is 9.11. The second-order valence-electron chi connectivity index (χ2n) is 4.20. The van der Waals surface area contributed by atoms with Crippen LogP contribution in [0.5, 0.6) is 0 Å². The predicted octanol–water partition coefficient (Wildman–Crippen LogP) is 3.27. The second kappa shape index (κ2) is 6.29. The van der Waals surface area contributed by atoms with Gasteiger partial charge >= 0.3 is 0 Å². The van der Waals surface area contributed by atoms with Gasteiger partial charge in [-0.05, 0) is 47.4 Å². The predicted molar refractivity (Wildman–Crippen MR) is 73.4 cm³/mol. The van der Waals surface area contributed by atoms with Crippen LogP contribution >= 0.6 is 27.3 Å². The topological polar surface area (TPSA) is 21.7 Å². The van der Waals surface area contributed by atoms with E-state index >= 15 is 0 Å². The molecule has 0 amide bonds. The summed E-state index contributed by atoms with van der Waals surface area (Å²) in [6.07, 6.45) is 2.35. The highest BCUT2D eigenvalue weighted by atomic mass is 79.9. The van der Waals surface area contributed by atoms with E-state index in [0.29, 0.717) is 6.04 Å². The number of nitrogens with zero attached hydrogens (tertiary/aromatic N) is 1. The minimum atomic E-state index is -0.126. The second-order valence-corrected chi connectivity index (χ2v) is 6.69. The molecule has 17 heavy (non-hydrogen) atoms. The molecule has 0 N–H and O–H groups in total. The zero-order valence-electron chi connectivity index (χ0n) is 10.2. The zero-order chi connectivity index (χ0) is 12.3. The third-order valence-corrected chi connectivity index (χ3v) is 4.92. The maximum absolute atomic E-state index is 5.28. The molecular formula is C12H18BrNO2S. The fourth-order valence-corrected chi connectivity index (χ4v) is 3.90. The Hall–Kier alpha value is 0.0600. The molecule has 1 unspecified atom stereocenters. The van der Waals surface area contributed by atoms with Gasteiger partial charge in [-0.15, -0.1) is 11.3 Å². The smallest absolute Gasteiger partial charge is 0.169 e. The summed E-state index contributed by atoms with van der Waals surface area (Å²) >= 11 is 5.35. The number of methoxy groups -OCH3 is 2. The van der Waals surface area contributed by atoms with Gasteiger partial charge in [-0.2, -0.15) is 0 Å². The molecule has 1 atom stereocenters. The third kappa shape index (κ3) is 3.29. The number of hydrogen-bond acceptors (Lipinski definition) is 4. The van der Waals surface area contributed by atoms with Crippen molar-refractivity contribution in [3.8, 4) is 0 Å². The molecule has 0 aromatic carbocycles. The monoisotopic (exact) mass is 319 g/mol. The molecule has 0 spiro atoms. The van der Waals surface area contributed by atoms with Crippen molar-refractivity contribution >= 4 is 27.3 Å². The molecule has 0 bridgehead atoms. The van der Waals surface area contributed by atoms with Gasteiger partial charge < -0.3 is 9.47 Å². The molecule has 1 aliphatic heterocycles. The molecule has 0 saturated carbocycles. The van der Waals surface area contributed by atoms with Gasteiger partial charge in [0.25, 0.3) is 0 Å². The Bertz CT molecular complexity index is 354. The highest BCUT2D eigenvalue weighted by Crippen LogP contribution is 2.37. The molecule has 5 heteroatoms. The summed E-state index contributed by atoms with van der Waals surface area (Å²) in [4.78, 5) is 3.89. The molecule has 1 aromatic rings. The first-order chi connectivity index (χ1) is 8.24. The first-order valence-corrected chi connectivity index (χ1v) is 7.40. The number of likely N-dealkylation sites (tertiary alicyclic amines) is 1. The number of rotatable bonds is 5. The van der Waals surface area contributed by atoms with E-state index in [2.05, 4.69) is 33.0 Å². The third-order valence-electron chi connectivity index (χ3n) is 3.20. The van der Waals surface area contributed by atoms with Crippen LogP contribution in [0.15, 0.2) is 15.9 Å². The molecule has 1 aliphatic rings. The van der Waals surface area contributed by atoms with Gasteiger partial charge in [0.1, 0.15) is 0 Å². The lowest BCUT2D eigenvalue weighted by atomic mass is 10.2. The summed E-state index contributed by atoms with van der Waals surface area (Å²) in [6.45, 7) is 1.97. The van der Waals surface area contributed by atoms with Gasteiger partial charge in [0, 0.05) is 25.1 Å². The quantitative estimate of drug-likeness (QED) is 0.777. The van der Waals surface area contributed by atoms with Crippen LogP contribution < -0.4 is 0 Å². The van der Waals surface area contributed by atoms with E-state index in [9.17, 15) is 0 Å². The van der Waals surface area contributed by atoms with Crippen LogP contribution in [-0.4, -0.2) is 38.5 Å². The van der Waals surface area contributed by atoms with E-state index in [1.807, 2.05) is 11.3 Å². The summed E-state index contributed by atoms with van der Waals surface area (Å²) in [5.74, 6) is 0. The van der Waals surface area contributed by atoms with Crippen molar-refractivity contribution in [3.05, 3.63) is 20.8 Å². The Balaban J connectivity index is 2.02. The van der Waals surface area contributed by atoms with Gasteiger partial charge in [0.05, 0.1) is 10.3 Å². The lowest BCUT2D eigenvalue weighted by Gasteiger charge is -2.26. The van der Waals surface area contributed by atoms with E-state index in [1.165, 1.54) is 21.5 Å². The van der Waals surface area contributed by atoms with Crippen molar-refractivity contribution in [2.45, 2.75) is 25.2 Å². The number of halogens is 1. The van der Waals surface area contributed by atoms with Crippen LogP contribution in [-0.2, 0) is 9.47 Å². The Morgan fingerprint density at radius 3 is 2.82 bits per heavy atom.